The lowest BCUT2D eigenvalue weighted by atomic mass is 10.2. The molecule has 0 radical (unpaired) electrons. The van der Waals surface area contributed by atoms with Gasteiger partial charge in [0.1, 0.15) is 24.5 Å². The molecule has 8 nitrogen and oxygen atoms in total. The molecule has 3 rings (SSSR count). The molecule has 1 aromatic rings. The van der Waals surface area contributed by atoms with Crippen LogP contribution in [0.2, 0.25) is 0 Å². The minimum absolute atomic E-state index is 0.265. The molecule has 1 aromatic heterocycles. The largest absolute Gasteiger partial charge is 0.570 e. The third-order valence-electron chi connectivity index (χ3n) is 2.24. The van der Waals surface area contributed by atoms with E-state index in [0.29, 0.717) is 18.1 Å². The first-order valence-electron chi connectivity index (χ1n) is 4.90. The summed E-state index contributed by atoms with van der Waals surface area (Å²) in [6.07, 6.45) is 3.44. The van der Waals surface area contributed by atoms with Crippen molar-refractivity contribution in [3.63, 3.8) is 0 Å². The summed E-state index contributed by atoms with van der Waals surface area (Å²) in [6.45, 7) is 0.290. The minimum atomic E-state index is -1.37. The first-order chi connectivity index (χ1) is 8.75. The van der Waals surface area contributed by atoms with Gasteiger partial charge in [-0.25, -0.2) is 4.98 Å². The third-order valence-corrected chi connectivity index (χ3v) is 2.24. The Morgan fingerprint density at radius 3 is 3.06 bits per heavy atom. The van der Waals surface area contributed by atoms with Crippen LogP contribution in [-0.4, -0.2) is 35.8 Å². The van der Waals surface area contributed by atoms with Crippen LogP contribution >= 0.6 is 0 Å². The van der Waals surface area contributed by atoms with Crippen LogP contribution in [0.3, 0.4) is 0 Å². The van der Waals surface area contributed by atoms with Crippen molar-refractivity contribution >= 4 is 23.9 Å². The molecule has 92 valence electrons. The van der Waals surface area contributed by atoms with Crippen LogP contribution in [0.4, 0.5) is 0 Å². The Balaban J connectivity index is 1.81. The number of hydrogen-bond donors (Lipinski definition) is 0. The molecule has 1 unspecified atom stereocenters. The summed E-state index contributed by atoms with van der Waals surface area (Å²) in [5.74, 6) is -1.38. The van der Waals surface area contributed by atoms with Gasteiger partial charge in [0.25, 0.3) is 5.89 Å². The standard InChI is InChI=1S/C10H5N2O6/c13-7(8-9(14)11-4-16-8)10-12-5(3-15-10)6-1-2-17-18-6/h1,3,8H,2H2/q-1. The molecule has 3 heterocycles. The monoisotopic (exact) mass is 249 g/mol. The number of nitrogens with zero attached hydrogens (tertiary/aromatic N) is 2. The fraction of sp³-hybridized carbons (Fsp3) is 0.200. The first-order valence-corrected chi connectivity index (χ1v) is 4.90. The average Bonchev–Trinajstić information content (AvgIpc) is 3.09. The van der Waals surface area contributed by atoms with E-state index in [2.05, 4.69) is 19.6 Å². The van der Waals surface area contributed by atoms with E-state index >= 15 is 0 Å². The minimum Gasteiger partial charge on any atom is -0.570 e. The predicted octanol–water partition coefficient (Wildman–Crippen LogP) is -0.00930. The fourth-order valence-electron chi connectivity index (χ4n) is 1.40. The van der Waals surface area contributed by atoms with Crippen molar-refractivity contribution in [1.29, 1.82) is 0 Å². The summed E-state index contributed by atoms with van der Waals surface area (Å²) in [6, 6.07) is 0. The normalized spacial score (nSPS) is 21.7. The maximum atomic E-state index is 11.8. The lowest BCUT2D eigenvalue weighted by Gasteiger charge is -2.09. The lowest BCUT2D eigenvalue weighted by Crippen LogP contribution is -2.27. The summed E-state index contributed by atoms with van der Waals surface area (Å²) in [5.41, 5.74) is 0.297. The van der Waals surface area contributed by atoms with Crippen LogP contribution in [0.5, 0.6) is 0 Å². The van der Waals surface area contributed by atoms with Gasteiger partial charge in [-0.3, -0.25) is 4.79 Å². The summed E-state index contributed by atoms with van der Waals surface area (Å²) in [7, 11) is 0. The van der Waals surface area contributed by atoms with Crippen molar-refractivity contribution in [1.82, 2.24) is 4.98 Å². The van der Waals surface area contributed by atoms with Crippen molar-refractivity contribution in [2.45, 2.75) is 6.10 Å². The Hall–Kier alpha value is -2.48. The van der Waals surface area contributed by atoms with Gasteiger partial charge in [0.05, 0.1) is 0 Å². The average molecular weight is 249 g/mol. The van der Waals surface area contributed by atoms with E-state index < -0.39 is 17.8 Å². The van der Waals surface area contributed by atoms with Crippen molar-refractivity contribution in [3.05, 3.63) is 23.9 Å². The number of amides is 1. The molecule has 0 fully saturated rings. The zero-order chi connectivity index (χ0) is 12.5. The molecule has 0 bridgehead atoms. The van der Waals surface area contributed by atoms with E-state index in [1.165, 1.54) is 6.26 Å². The molecule has 0 saturated carbocycles. The predicted molar refractivity (Wildman–Crippen MR) is 53.2 cm³/mol. The SMILES string of the molecule is O=C1N=[C-]OC1C(=O)c1nc(C2=CCOO2)co1. The van der Waals surface area contributed by atoms with Crippen LogP contribution in [0, 0.1) is 0 Å². The summed E-state index contributed by atoms with van der Waals surface area (Å²) < 4.78 is 9.59. The Morgan fingerprint density at radius 1 is 1.50 bits per heavy atom. The second-order valence-corrected chi connectivity index (χ2v) is 3.38. The number of aromatic nitrogens is 1. The van der Waals surface area contributed by atoms with Gasteiger partial charge >= 0.3 is 0 Å². The molecule has 0 saturated heterocycles. The van der Waals surface area contributed by atoms with Gasteiger partial charge < -0.3 is 23.8 Å². The van der Waals surface area contributed by atoms with Crippen molar-refractivity contribution in [2.24, 2.45) is 4.99 Å². The Morgan fingerprint density at radius 2 is 2.39 bits per heavy atom. The number of ether oxygens (including phenoxy) is 1. The van der Waals surface area contributed by atoms with E-state index in [4.69, 9.17) is 9.30 Å². The Bertz CT molecular complexity index is 573. The summed E-state index contributed by atoms with van der Waals surface area (Å²) in [4.78, 5) is 39.4. The number of hydrogen-bond acceptors (Lipinski definition) is 7. The maximum Gasteiger partial charge on any atom is 0.266 e. The van der Waals surface area contributed by atoms with E-state index in [1.807, 2.05) is 6.40 Å². The van der Waals surface area contributed by atoms with Gasteiger partial charge in [-0.1, -0.05) is 0 Å². The van der Waals surface area contributed by atoms with Gasteiger partial charge in [-0.2, -0.15) is 4.89 Å². The first kappa shape index (κ1) is 10.7. The molecular weight excluding hydrogens is 244 g/mol. The molecule has 2 aliphatic rings. The zero-order valence-electron chi connectivity index (χ0n) is 8.78. The number of oxazole rings is 1. The molecule has 2 aliphatic heterocycles. The van der Waals surface area contributed by atoms with Crippen molar-refractivity contribution in [3.8, 4) is 0 Å². The van der Waals surface area contributed by atoms with E-state index in [-0.39, 0.29) is 5.89 Å². The number of Topliss-reactive ketones (excluding diaryl/α,β-unsaturated/α-hetero) is 1. The van der Waals surface area contributed by atoms with E-state index in [0.717, 1.165) is 0 Å². The molecule has 1 amide bonds. The maximum absolute atomic E-state index is 11.8. The molecule has 1 atom stereocenters. The molecule has 0 N–H and O–H groups in total. The second-order valence-electron chi connectivity index (χ2n) is 3.38. The molecular formula is C10H5N2O6-. The van der Waals surface area contributed by atoms with Crippen LogP contribution in [-0.2, 0) is 19.3 Å². The highest BCUT2D eigenvalue weighted by molar-refractivity contribution is 6.14. The third kappa shape index (κ3) is 1.68. The van der Waals surface area contributed by atoms with Crippen LogP contribution in [0.1, 0.15) is 16.4 Å². The Labute approximate surface area is 99.8 Å². The highest BCUT2D eigenvalue weighted by atomic mass is 17.2. The van der Waals surface area contributed by atoms with Gasteiger partial charge in [-0.05, 0) is 6.08 Å². The molecule has 8 heteroatoms. The number of ketones is 1. The van der Waals surface area contributed by atoms with E-state index in [1.54, 1.807) is 6.08 Å². The molecule has 0 aliphatic carbocycles. The Kier molecular flexibility index (Phi) is 2.41. The number of aliphatic imine (C=N–C) groups is 1. The summed E-state index contributed by atoms with van der Waals surface area (Å²) in [5, 5.41) is 0. The van der Waals surface area contributed by atoms with Crippen molar-refractivity contribution in [2.75, 3.05) is 6.61 Å². The molecule has 0 aromatic carbocycles. The van der Waals surface area contributed by atoms with Gasteiger partial charge in [0.15, 0.2) is 11.9 Å². The van der Waals surface area contributed by atoms with Gasteiger partial charge in [-0.15, -0.1) is 0 Å². The lowest BCUT2D eigenvalue weighted by molar-refractivity contribution is -0.209. The quantitative estimate of drug-likeness (QED) is 0.321. The van der Waals surface area contributed by atoms with Gasteiger partial charge in [0.2, 0.25) is 5.78 Å². The highest BCUT2D eigenvalue weighted by Crippen LogP contribution is 2.20. The van der Waals surface area contributed by atoms with Gasteiger partial charge in [0, 0.05) is 6.40 Å². The zero-order valence-corrected chi connectivity index (χ0v) is 8.78. The van der Waals surface area contributed by atoms with Crippen LogP contribution < -0.4 is 0 Å². The highest BCUT2D eigenvalue weighted by Gasteiger charge is 2.28. The summed E-state index contributed by atoms with van der Waals surface area (Å²) >= 11 is 0. The smallest absolute Gasteiger partial charge is 0.266 e. The van der Waals surface area contributed by atoms with Crippen molar-refractivity contribution < 1.29 is 28.5 Å². The molecule has 18 heavy (non-hydrogen) atoms. The van der Waals surface area contributed by atoms with Crippen LogP contribution in [0.15, 0.2) is 21.7 Å². The number of rotatable bonds is 3. The van der Waals surface area contributed by atoms with E-state index in [9.17, 15) is 9.59 Å². The second kappa shape index (κ2) is 4.08. The topological polar surface area (TPSA) is 100 Å². The number of carbonyl (C=O) groups excluding carboxylic acids is 2. The fourth-order valence-corrected chi connectivity index (χ4v) is 1.40. The number of carbonyl (C=O) groups is 2. The molecule has 0 spiro atoms. The van der Waals surface area contributed by atoms with Crippen LogP contribution in [0.25, 0.3) is 5.76 Å².